The third kappa shape index (κ3) is 3.02. The lowest BCUT2D eigenvalue weighted by atomic mass is 9.54. The van der Waals surface area contributed by atoms with Gasteiger partial charge in [-0.25, -0.2) is 4.79 Å². The third-order valence-corrected chi connectivity index (χ3v) is 7.12. The van der Waals surface area contributed by atoms with Crippen LogP contribution >= 0.6 is 8.03 Å². The molecular formula is C19H24O4P+. The maximum Gasteiger partial charge on any atom is 0.549 e. The van der Waals surface area contributed by atoms with Gasteiger partial charge in [-0.2, -0.15) is 0 Å². The summed E-state index contributed by atoms with van der Waals surface area (Å²) in [5, 5.41) is 0.661. The number of carbonyl (C=O) groups is 1. The van der Waals surface area contributed by atoms with Gasteiger partial charge in [0.25, 0.3) is 0 Å². The van der Waals surface area contributed by atoms with Gasteiger partial charge in [0.15, 0.2) is 0 Å². The first kappa shape index (κ1) is 16.2. The first-order chi connectivity index (χ1) is 11.6. The summed E-state index contributed by atoms with van der Waals surface area (Å²) >= 11 is 0. The maximum absolute atomic E-state index is 12.7. The van der Waals surface area contributed by atoms with E-state index in [0.717, 1.165) is 37.0 Å². The minimum Gasteiger partial charge on any atom is -0.462 e. The van der Waals surface area contributed by atoms with Gasteiger partial charge in [-0.15, -0.1) is 4.52 Å². The first-order valence-corrected chi connectivity index (χ1v) is 10.2. The van der Waals surface area contributed by atoms with Crippen molar-refractivity contribution in [2.45, 2.75) is 51.0 Å². The highest BCUT2D eigenvalue weighted by molar-refractivity contribution is 7.48. The smallest absolute Gasteiger partial charge is 0.462 e. The second-order valence-corrected chi connectivity index (χ2v) is 8.93. The van der Waals surface area contributed by atoms with E-state index in [1.165, 1.54) is 19.3 Å². The van der Waals surface area contributed by atoms with Crippen molar-refractivity contribution in [2.24, 2.45) is 17.8 Å². The molecule has 0 N–H and O–H groups in total. The molecule has 4 fully saturated rings. The second-order valence-electron chi connectivity index (χ2n) is 7.72. The predicted octanol–water partition coefficient (Wildman–Crippen LogP) is 4.22. The monoisotopic (exact) mass is 347 g/mol. The van der Waals surface area contributed by atoms with Crippen LogP contribution in [0.1, 0.15) is 55.8 Å². The van der Waals surface area contributed by atoms with Gasteiger partial charge in [-0.1, -0.05) is 0 Å². The van der Waals surface area contributed by atoms with Crippen molar-refractivity contribution in [1.82, 2.24) is 0 Å². The van der Waals surface area contributed by atoms with Crippen LogP contribution in [0.4, 0.5) is 0 Å². The molecule has 1 aromatic rings. The molecule has 0 aliphatic heterocycles. The third-order valence-electron chi connectivity index (χ3n) is 5.85. The molecule has 4 saturated carbocycles. The Hall–Kier alpha value is -1.25. The molecule has 0 amide bonds. The first-order valence-electron chi connectivity index (χ1n) is 9.00. The molecule has 128 valence electrons. The summed E-state index contributed by atoms with van der Waals surface area (Å²) in [6, 6.07) is 6.80. The van der Waals surface area contributed by atoms with Crippen molar-refractivity contribution in [2.75, 3.05) is 6.61 Å². The summed E-state index contributed by atoms with van der Waals surface area (Å²) in [4.78, 5) is 11.7. The normalized spacial score (nSPS) is 34.2. The zero-order chi connectivity index (χ0) is 16.7. The average Bonchev–Trinajstić information content (AvgIpc) is 2.53. The number of esters is 1. The fourth-order valence-corrected chi connectivity index (χ4v) is 6.38. The Morgan fingerprint density at radius 3 is 2.12 bits per heavy atom. The summed E-state index contributed by atoms with van der Waals surface area (Å²) in [5.74, 6) is 1.96. The van der Waals surface area contributed by atoms with Gasteiger partial charge in [0, 0.05) is 0 Å². The van der Waals surface area contributed by atoms with Crippen LogP contribution in [0.2, 0.25) is 0 Å². The number of ether oxygens (including phenoxy) is 1. The number of carbonyl (C=O) groups excluding carboxylic acids is 1. The van der Waals surface area contributed by atoms with Crippen LogP contribution in [0.5, 0.6) is 0 Å². The van der Waals surface area contributed by atoms with Crippen molar-refractivity contribution < 1.29 is 18.6 Å². The molecule has 0 saturated heterocycles. The predicted molar refractivity (Wildman–Crippen MR) is 91.6 cm³/mol. The Morgan fingerprint density at radius 1 is 1.08 bits per heavy atom. The number of benzene rings is 1. The lowest BCUT2D eigenvalue weighted by Crippen LogP contribution is -2.51. The van der Waals surface area contributed by atoms with Crippen LogP contribution in [-0.4, -0.2) is 18.2 Å². The fourth-order valence-electron chi connectivity index (χ4n) is 5.31. The maximum atomic E-state index is 12.7. The molecule has 1 unspecified atom stereocenters. The average molecular weight is 347 g/mol. The highest BCUT2D eigenvalue weighted by Gasteiger charge is 2.55. The Labute approximate surface area is 143 Å². The Bertz CT molecular complexity index is 617. The zero-order valence-electron chi connectivity index (χ0n) is 14.1. The van der Waals surface area contributed by atoms with Gasteiger partial charge in [0.1, 0.15) is 5.60 Å². The Balaban J connectivity index is 1.46. The molecule has 1 aromatic carbocycles. The van der Waals surface area contributed by atoms with Crippen molar-refractivity contribution in [1.29, 1.82) is 0 Å². The fraction of sp³-hybridized carbons (Fsp3) is 0.632. The highest BCUT2D eigenvalue weighted by atomic mass is 31.1. The van der Waals surface area contributed by atoms with E-state index < -0.39 is 8.03 Å². The summed E-state index contributed by atoms with van der Waals surface area (Å²) in [5.41, 5.74) is 0.320. The summed E-state index contributed by atoms with van der Waals surface area (Å²) < 4.78 is 23.9. The van der Waals surface area contributed by atoms with E-state index in [-0.39, 0.29) is 11.6 Å². The van der Waals surface area contributed by atoms with Gasteiger partial charge in [-0.3, -0.25) is 0 Å². The van der Waals surface area contributed by atoms with Crippen molar-refractivity contribution in [3.05, 3.63) is 29.8 Å². The lowest BCUT2D eigenvalue weighted by Gasteiger charge is -2.53. The molecule has 4 aliphatic rings. The molecule has 5 rings (SSSR count). The van der Waals surface area contributed by atoms with E-state index in [0.29, 0.717) is 17.5 Å². The van der Waals surface area contributed by atoms with Crippen LogP contribution in [-0.2, 0) is 13.8 Å². The van der Waals surface area contributed by atoms with Gasteiger partial charge in [0.2, 0.25) is 5.30 Å². The molecule has 0 spiro atoms. The molecular weight excluding hydrogens is 323 g/mol. The van der Waals surface area contributed by atoms with E-state index in [1.54, 1.807) is 31.2 Å². The molecule has 0 aromatic heterocycles. The van der Waals surface area contributed by atoms with E-state index >= 15 is 0 Å². The summed E-state index contributed by atoms with van der Waals surface area (Å²) in [7, 11) is -1.88. The quantitative estimate of drug-likeness (QED) is 0.591. The number of hydrogen-bond donors (Lipinski definition) is 0. The van der Waals surface area contributed by atoms with E-state index in [1.807, 2.05) is 0 Å². The van der Waals surface area contributed by atoms with Gasteiger partial charge in [-0.05, 0) is 92.0 Å². The zero-order valence-corrected chi connectivity index (χ0v) is 15.0. The van der Waals surface area contributed by atoms with Gasteiger partial charge >= 0.3 is 14.0 Å². The van der Waals surface area contributed by atoms with Crippen molar-refractivity contribution >= 4 is 19.3 Å². The lowest BCUT2D eigenvalue weighted by molar-refractivity contribution is -0.103. The summed E-state index contributed by atoms with van der Waals surface area (Å²) in [6.07, 6.45) is 7.23. The minimum absolute atomic E-state index is 0.165. The van der Waals surface area contributed by atoms with Crippen molar-refractivity contribution in [3.8, 4) is 0 Å². The molecule has 4 aliphatic carbocycles. The number of hydrogen-bond acceptors (Lipinski definition) is 4. The minimum atomic E-state index is -1.88. The van der Waals surface area contributed by atoms with Crippen LogP contribution in [0.25, 0.3) is 0 Å². The molecule has 0 heterocycles. The van der Waals surface area contributed by atoms with Crippen LogP contribution in [0, 0.1) is 17.8 Å². The largest absolute Gasteiger partial charge is 0.549 e. The van der Waals surface area contributed by atoms with Crippen LogP contribution < -0.4 is 5.30 Å². The summed E-state index contributed by atoms with van der Waals surface area (Å²) in [6.45, 7) is 2.13. The molecule has 0 radical (unpaired) electrons. The SMILES string of the molecule is CCOC(=O)c1ccc([P+](=O)OC23CC4CC(CC(C4)C2)C3)cc1. The topological polar surface area (TPSA) is 52.6 Å². The molecule has 4 bridgehead atoms. The molecule has 5 heteroatoms. The Morgan fingerprint density at radius 2 is 1.62 bits per heavy atom. The Kier molecular flexibility index (Phi) is 4.22. The van der Waals surface area contributed by atoms with E-state index in [9.17, 15) is 9.36 Å². The van der Waals surface area contributed by atoms with Crippen LogP contribution in [0.3, 0.4) is 0 Å². The molecule has 1 atom stereocenters. The van der Waals surface area contributed by atoms with E-state index in [4.69, 9.17) is 9.26 Å². The molecule has 4 nitrogen and oxygen atoms in total. The van der Waals surface area contributed by atoms with Gasteiger partial charge in [0.05, 0.1) is 12.2 Å². The van der Waals surface area contributed by atoms with E-state index in [2.05, 4.69) is 0 Å². The molecule has 24 heavy (non-hydrogen) atoms. The van der Waals surface area contributed by atoms with Gasteiger partial charge < -0.3 is 4.74 Å². The standard InChI is InChI=1S/C19H24O4P/c1-2-22-18(20)16-3-5-17(6-4-16)24(21)23-19-10-13-7-14(11-19)9-15(8-13)12-19/h3-6,13-15H,2,7-12H2,1H3/q+1. The highest BCUT2D eigenvalue weighted by Crippen LogP contribution is 2.59. The van der Waals surface area contributed by atoms with Crippen molar-refractivity contribution in [3.63, 3.8) is 0 Å². The second kappa shape index (κ2) is 6.24. The van der Waals surface area contributed by atoms with Crippen LogP contribution in [0.15, 0.2) is 24.3 Å². The number of rotatable bonds is 5.